The van der Waals surface area contributed by atoms with Gasteiger partial charge in [-0.1, -0.05) is 26.0 Å². The lowest BCUT2D eigenvalue weighted by Gasteiger charge is -2.51. The third-order valence-corrected chi connectivity index (χ3v) is 8.89. The maximum Gasteiger partial charge on any atom is 0.252 e. The Labute approximate surface area is 218 Å². The van der Waals surface area contributed by atoms with Gasteiger partial charge in [-0.25, -0.2) is 0 Å². The minimum Gasteiger partial charge on any atom is -0.361 e. The average Bonchev–Trinajstić information content (AvgIpc) is 3.54. The molecule has 202 valence electrons. The second-order valence-corrected chi connectivity index (χ2v) is 11.5. The molecule has 13 nitrogen and oxygen atoms in total. The highest BCUT2D eigenvalue weighted by Gasteiger charge is 2.74. The van der Waals surface area contributed by atoms with E-state index in [1.54, 1.807) is 6.07 Å². The number of likely N-dealkylation sites (tertiary alicyclic amines) is 1. The van der Waals surface area contributed by atoms with Crippen LogP contribution >= 0.6 is 0 Å². The van der Waals surface area contributed by atoms with E-state index >= 15 is 0 Å². The van der Waals surface area contributed by atoms with Gasteiger partial charge in [-0.15, -0.1) is 0 Å². The molecule has 1 aromatic carbocycles. The molecule has 1 aromatic rings. The summed E-state index contributed by atoms with van der Waals surface area (Å²) in [5.41, 5.74) is 0.658. The fraction of sp³-hybridized carbons (Fsp3) is 0.560. The van der Waals surface area contributed by atoms with Crippen molar-refractivity contribution in [2.45, 2.75) is 74.5 Å². The largest absolute Gasteiger partial charge is 0.361 e. The molecule has 4 fully saturated rings. The quantitative estimate of drug-likeness (QED) is 0.167. The third-order valence-electron chi connectivity index (χ3n) is 8.89. The van der Waals surface area contributed by atoms with Gasteiger partial charge in [0, 0.05) is 24.9 Å². The Hall–Kier alpha value is -3.71. The number of rotatable bonds is 4. The first-order valence-electron chi connectivity index (χ1n) is 12.8. The van der Waals surface area contributed by atoms with Crippen LogP contribution in [0.4, 0.5) is 0 Å². The Morgan fingerprint density at radius 3 is 2.55 bits per heavy atom. The number of guanidine groups is 2. The summed E-state index contributed by atoms with van der Waals surface area (Å²) in [6.07, 6.45) is 1.85. The molecule has 38 heavy (non-hydrogen) atoms. The van der Waals surface area contributed by atoms with Crippen molar-refractivity contribution in [2.75, 3.05) is 13.1 Å². The Bertz CT molecular complexity index is 1280. The van der Waals surface area contributed by atoms with Crippen LogP contribution in [0.1, 0.15) is 54.6 Å². The van der Waals surface area contributed by atoms with Crippen molar-refractivity contribution in [3.05, 3.63) is 34.9 Å². The van der Waals surface area contributed by atoms with Gasteiger partial charge in [-0.2, -0.15) is 0 Å². The standard InChI is InChI=1S/C25H32N8O5/c1-23(2)9-8-12-13(4-3-5-14(12)23)20(36)29-16-11-33-22(27)28-15(10-32-17(34)6-7-18(32)35)19-24(33,25(16,37)38)31-21(26)30-19/h3-5,15-16,19,37-38H,6-11H2,1-2H3,(H2,27,28)(H,29,36)(H3,26,30,31)/t15-,16?,19-,24?/m0/s1. The van der Waals surface area contributed by atoms with Crippen LogP contribution in [0.25, 0.3) is 0 Å². The number of hydrogen-bond donors (Lipinski definition) is 8. The predicted octanol–water partition coefficient (Wildman–Crippen LogP) is -1.75. The molecule has 0 radical (unpaired) electrons. The van der Waals surface area contributed by atoms with Gasteiger partial charge in [0.2, 0.25) is 17.6 Å². The van der Waals surface area contributed by atoms with E-state index in [1.807, 2.05) is 12.1 Å². The van der Waals surface area contributed by atoms with E-state index in [1.165, 1.54) is 4.90 Å². The summed E-state index contributed by atoms with van der Waals surface area (Å²) >= 11 is 0. The minimum atomic E-state index is -2.63. The van der Waals surface area contributed by atoms with E-state index in [4.69, 9.17) is 10.8 Å². The number of amides is 3. The lowest BCUT2D eigenvalue weighted by atomic mass is 9.84. The number of carbonyl (C=O) groups is 3. The molecule has 5 aliphatic rings. The average molecular weight is 525 g/mol. The number of nitrogens with one attached hydrogen (secondary N) is 6. The number of hydrogen-bond acceptors (Lipinski definition) is 7. The molecule has 1 spiro atoms. The van der Waals surface area contributed by atoms with E-state index in [9.17, 15) is 24.6 Å². The van der Waals surface area contributed by atoms with Gasteiger partial charge in [0.05, 0.1) is 18.6 Å². The molecule has 3 amide bonds. The molecule has 6 rings (SSSR count). The van der Waals surface area contributed by atoms with Gasteiger partial charge in [-0.05, 0) is 35.4 Å². The minimum absolute atomic E-state index is 0.0583. The summed E-state index contributed by atoms with van der Waals surface area (Å²) in [6, 6.07) is 2.62. The van der Waals surface area contributed by atoms with Crippen molar-refractivity contribution in [1.29, 1.82) is 10.8 Å². The normalized spacial score (nSPS) is 32.4. The third kappa shape index (κ3) is 3.21. The lowest BCUT2D eigenvalue weighted by molar-refractivity contribution is -0.232. The number of fused-ring (bicyclic) bond motifs is 1. The van der Waals surface area contributed by atoms with Gasteiger partial charge in [0.15, 0.2) is 17.6 Å². The topological polar surface area (TPSA) is 194 Å². The van der Waals surface area contributed by atoms with Crippen LogP contribution in [0, 0.1) is 10.8 Å². The van der Waals surface area contributed by atoms with Crippen LogP contribution in [0.15, 0.2) is 18.2 Å². The first-order chi connectivity index (χ1) is 17.9. The number of aliphatic hydroxyl groups is 2. The molecule has 0 saturated carbocycles. The summed E-state index contributed by atoms with van der Waals surface area (Å²) < 4.78 is 0. The Balaban J connectivity index is 1.31. The highest BCUT2D eigenvalue weighted by Crippen LogP contribution is 2.44. The molecule has 2 unspecified atom stereocenters. The van der Waals surface area contributed by atoms with E-state index in [0.29, 0.717) is 5.56 Å². The predicted molar refractivity (Wildman–Crippen MR) is 134 cm³/mol. The fourth-order valence-electron chi connectivity index (χ4n) is 6.87. The van der Waals surface area contributed by atoms with E-state index < -0.39 is 35.5 Å². The molecule has 8 N–H and O–H groups in total. The zero-order valence-electron chi connectivity index (χ0n) is 21.2. The molecule has 4 aliphatic heterocycles. The monoisotopic (exact) mass is 524 g/mol. The van der Waals surface area contributed by atoms with Crippen LogP contribution in [-0.4, -0.2) is 92.3 Å². The Morgan fingerprint density at radius 1 is 1.13 bits per heavy atom. The maximum absolute atomic E-state index is 13.5. The molecular weight excluding hydrogens is 492 g/mol. The summed E-state index contributed by atoms with van der Waals surface area (Å²) in [7, 11) is 0. The zero-order chi connectivity index (χ0) is 27.2. The van der Waals surface area contributed by atoms with Crippen LogP contribution in [0.2, 0.25) is 0 Å². The highest BCUT2D eigenvalue weighted by molar-refractivity contribution is 6.02. The maximum atomic E-state index is 13.5. The lowest BCUT2D eigenvalue weighted by Crippen LogP contribution is -2.81. The molecule has 0 bridgehead atoms. The molecule has 4 saturated heterocycles. The van der Waals surface area contributed by atoms with Gasteiger partial charge in [0.1, 0.15) is 6.04 Å². The van der Waals surface area contributed by atoms with Crippen LogP contribution < -0.4 is 21.3 Å². The number of carbonyl (C=O) groups excluding carboxylic acids is 3. The smallest absolute Gasteiger partial charge is 0.252 e. The van der Waals surface area contributed by atoms with E-state index in [2.05, 4.69) is 35.1 Å². The van der Waals surface area contributed by atoms with Crippen molar-refractivity contribution in [3.8, 4) is 0 Å². The molecule has 0 aromatic heterocycles. The SMILES string of the molecule is CC1(C)CCc2c(C(=O)NC3CN4C(=N)N[C@@H](CN5C(=O)CCC5=O)[C@@H]5NC(=N)NC54C3(O)O)cccc21. The van der Waals surface area contributed by atoms with E-state index in [0.717, 1.165) is 28.9 Å². The number of benzene rings is 1. The Kier molecular flexibility index (Phi) is 5.12. The van der Waals surface area contributed by atoms with Crippen LogP contribution in [0.3, 0.4) is 0 Å². The number of nitrogens with zero attached hydrogens (tertiary/aromatic N) is 2. The molecular formula is C25H32N8O5. The molecule has 4 heterocycles. The zero-order valence-corrected chi connectivity index (χ0v) is 21.2. The molecule has 13 heteroatoms. The van der Waals surface area contributed by atoms with Crippen molar-refractivity contribution in [2.24, 2.45) is 0 Å². The number of imide groups is 1. The summed E-state index contributed by atoms with van der Waals surface area (Å²) in [6.45, 7) is 4.03. The van der Waals surface area contributed by atoms with Gasteiger partial charge in [0.25, 0.3) is 5.91 Å². The molecule has 1 aliphatic carbocycles. The first-order valence-corrected chi connectivity index (χ1v) is 12.8. The van der Waals surface area contributed by atoms with Crippen LogP contribution in [-0.2, 0) is 21.4 Å². The second kappa shape index (κ2) is 7.90. The summed E-state index contributed by atoms with van der Waals surface area (Å²) in [4.78, 5) is 40.5. The fourth-order valence-corrected chi connectivity index (χ4v) is 6.87. The Morgan fingerprint density at radius 2 is 1.84 bits per heavy atom. The van der Waals surface area contributed by atoms with Crippen LogP contribution in [0.5, 0.6) is 0 Å². The van der Waals surface area contributed by atoms with Crippen molar-refractivity contribution in [1.82, 2.24) is 31.1 Å². The highest BCUT2D eigenvalue weighted by atomic mass is 16.5. The van der Waals surface area contributed by atoms with Gasteiger partial charge in [-0.3, -0.25) is 30.1 Å². The van der Waals surface area contributed by atoms with Crippen molar-refractivity contribution < 1.29 is 24.6 Å². The summed E-state index contributed by atoms with van der Waals surface area (Å²) in [5, 5.41) is 51.6. The van der Waals surface area contributed by atoms with Crippen molar-refractivity contribution >= 4 is 29.6 Å². The van der Waals surface area contributed by atoms with Gasteiger partial charge >= 0.3 is 0 Å². The van der Waals surface area contributed by atoms with Gasteiger partial charge < -0.3 is 36.4 Å². The van der Waals surface area contributed by atoms with E-state index in [-0.39, 0.29) is 55.1 Å². The first kappa shape index (κ1) is 24.6. The molecule has 4 atom stereocenters. The summed E-state index contributed by atoms with van der Waals surface area (Å²) in [5.74, 6) is -4.14. The van der Waals surface area contributed by atoms with Crippen molar-refractivity contribution in [3.63, 3.8) is 0 Å². The second-order valence-electron chi connectivity index (χ2n) is 11.5.